The lowest BCUT2D eigenvalue weighted by atomic mass is 9.91. The van der Waals surface area contributed by atoms with Crippen LogP contribution in [-0.4, -0.2) is 26.7 Å². The number of carbonyl (C=O) groups is 1. The Morgan fingerprint density at radius 3 is 2.64 bits per heavy atom. The fourth-order valence-electron chi connectivity index (χ4n) is 2.68. The summed E-state index contributed by atoms with van der Waals surface area (Å²) in [6.07, 6.45) is 0. The normalized spacial score (nSPS) is 12.4. The van der Waals surface area contributed by atoms with Crippen LogP contribution in [0.5, 0.6) is 0 Å². The number of aromatic amines is 1. The summed E-state index contributed by atoms with van der Waals surface area (Å²) in [6.45, 7) is 17.3. The molecule has 0 aliphatic carbocycles. The second-order valence-electron chi connectivity index (χ2n) is 7.74. The average molecular weight is 395 g/mol. The Hall–Kier alpha value is -3.05. The molecule has 144 valence electrons. The molecule has 0 saturated heterocycles. The molecule has 0 fully saturated rings. The minimum atomic E-state index is -0.256. The zero-order valence-electron chi connectivity index (χ0n) is 16.5. The molecule has 8 heteroatoms. The Kier molecular flexibility index (Phi) is 5.29. The van der Waals surface area contributed by atoms with E-state index in [1.165, 1.54) is 11.3 Å². The number of hydrogen-bond donors (Lipinski definition) is 2. The highest BCUT2D eigenvalue weighted by molar-refractivity contribution is 7.21. The van der Waals surface area contributed by atoms with Crippen LogP contribution in [0.2, 0.25) is 0 Å². The molecule has 0 aliphatic rings. The number of hydrazone groups is 1. The third-order valence-corrected chi connectivity index (χ3v) is 5.19. The van der Waals surface area contributed by atoms with Crippen LogP contribution in [0.15, 0.2) is 29.4 Å². The van der Waals surface area contributed by atoms with E-state index in [1.807, 2.05) is 58.9 Å². The van der Waals surface area contributed by atoms with Crippen LogP contribution in [0.3, 0.4) is 0 Å². The van der Waals surface area contributed by atoms with Crippen LogP contribution in [0.25, 0.3) is 15.1 Å². The van der Waals surface area contributed by atoms with E-state index in [2.05, 4.69) is 30.6 Å². The molecule has 28 heavy (non-hydrogen) atoms. The maximum atomic E-state index is 13.0. The van der Waals surface area contributed by atoms with Crippen LogP contribution in [0, 0.1) is 12.5 Å². The molecule has 0 atom stereocenters. The van der Waals surface area contributed by atoms with Gasteiger partial charge in [-0.2, -0.15) is 10.2 Å². The number of nitrogens with one attached hydrogen (secondary N) is 2. The van der Waals surface area contributed by atoms with E-state index in [9.17, 15) is 4.79 Å². The minimum Gasteiger partial charge on any atom is -0.292 e. The van der Waals surface area contributed by atoms with E-state index >= 15 is 0 Å². The van der Waals surface area contributed by atoms with Gasteiger partial charge in [0.25, 0.3) is 5.69 Å². The third-order valence-electron chi connectivity index (χ3n) is 4.15. The molecule has 7 nitrogen and oxygen atoms in total. The number of anilines is 1. The van der Waals surface area contributed by atoms with Crippen molar-refractivity contribution in [1.29, 1.82) is 0 Å². The molecule has 0 unspecified atom stereocenters. The zero-order valence-corrected chi connectivity index (χ0v) is 17.3. The number of benzene rings is 1. The van der Waals surface area contributed by atoms with E-state index in [0.29, 0.717) is 22.2 Å². The van der Waals surface area contributed by atoms with Crippen LogP contribution >= 0.6 is 11.3 Å². The second kappa shape index (κ2) is 7.52. The van der Waals surface area contributed by atoms with Gasteiger partial charge in [0, 0.05) is 11.6 Å². The number of fused-ring (bicyclic) bond motifs is 1. The van der Waals surface area contributed by atoms with Crippen molar-refractivity contribution in [3.8, 4) is 0 Å². The lowest BCUT2D eigenvalue weighted by molar-refractivity contribution is 0.106. The monoisotopic (exact) mass is 394 g/mol. The lowest BCUT2D eigenvalue weighted by Crippen LogP contribution is -2.21. The molecule has 2 N–H and O–H groups in total. The van der Waals surface area contributed by atoms with Crippen LogP contribution < -0.4 is 5.43 Å². The summed E-state index contributed by atoms with van der Waals surface area (Å²) in [5.41, 5.74) is 4.80. The van der Waals surface area contributed by atoms with Crippen LogP contribution in [0.4, 0.5) is 11.5 Å². The number of hydrogen-bond acceptors (Lipinski definition) is 6. The Labute approximate surface area is 167 Å². The Morgan fingerprint density at radius 1 is 1.32 bits per heavy atom. The minimum absolute atomic E-state index is 0.121. The number of carbonyl (C=O) groups excluding carboxylic acids is 1. The first-order chi connectivity index (χ1) is 13.2. The van der Waals surface area contributed by atoms with Gasteiger partial charge in [0.05, 0.1) is 16.8 Å². The van der Waals surface area contributed by atoms with Crippen molar-refractivity contribution in [3.63, 3.8) is 0 Å². The van der Waals surface area contributed by atoms with E-state index < -0.39 is 0 Å². The number of para-hydroxylation sites is 1. The Bertz CT molecular complexity index is 1060. The standard InChI is InChI=1S/C20H22N6OS/c1-11(2)14(16(27)19-22-12-9-7-8-10-13(12)28-19)23-25-18-15(21-6)17(24-26-18)20(3,4)5/h7-11H,1-5H3,(H2,24,25,26)/b23-14-. The van der Waals surface area contributed by atoms with Gasteiger partial charge in [0.1, 0.15) is 5.71 Å². The molecule has 2 heterocycles. The number of thiazole rings is 1. The van der Waals surface area contributed by atoms with Gasteiger partial charge in [0.15, 0.2) is 10.8 Å². The predicted molar refractivity (Wildman–Crippen MR) is 113 cm³/mol. The molecule has 0 saturated carbocycles. The predicted octanol–water partition coefficient (Wildman–Crippen LogP) is 5.17. The maximum absolute atomic E-state index is 13.0. The molecule has 0 radical (unpaired) electrons. The summed E-state index contributed by atoms with van der Waals surface area (Å²) in [5.74, 6) is -0.0285. The topological polar surface area (TPSA) is 87.4 Å². The summed E-state index contributed by atoms with van der Waals surface area (Å²) in [4.78, 5) is 21.0. The van der Waals surface area contributed by atoms with E-state index in [0.717, 1.165) is 15.9 Å². The highest BCUT2D eigenvalue weighted by Crippen LogP contribution is 2.35. The van der Waals surface area contributed by atoms with Crippen molar-refractivity contribution in [2.24, 2.45) is 11.0 Å². The number of H-pyrrole nitrogens is 1. The first-order valence-corrected chi connectivity index (χ1v) is 9.74. The second-order valence-corrected chi connectivity index (χ2v) is 8.77. The molecular weight excluding hydrogens is 372 g/mol. The summed E-state index contributed by atoms with van der Waals surface area (Å²) < 4.78 is 0.958. The summed E-state index contributed by atoms with van der Waals surface area (Å²) in [5, 5.41) is 11.8. The van der Waals surface area contributed by atoms with Gasteiger partial charge < -0.3 is 0 Å². The largest absolute Gasteiger partial charge is 0.292 e. The van der Waals surface area contributed by atoms with Crippen molar-refractivity contribution < 1.29 is 4.79 Å². The molecule has 0 amide bonds. The van der Waals surface area contributed by atoms with Crippen molar-refractivity contribution in [3.05, 3.63) is 46.4 Å². The quantitative estimate of drug-likeness (QED) is 0.270. The van der Waals surface area contributed by atoms with Gasteiger partial charge in [-0.05, 0) is 17.5 Å². The summed E-state index contributed by atoms with van der Waals surface area (Å²) >= 11 is 1.35. The third kappa shape index (κ3) is 3.80. The molecule has 1 aromatic carbocycles. The van der Waals surface area contributed by atoms with Gasteiger partial charge in [-0.1, -0.05) is 46.8 Å². The SMILES string of the molecule is [C-]#[N+]c1c(N/N=C(\C(=O)c2nc3ccccc3s2)C(C)C)n[nH]c1C(C)(C)C. The Morgan fingerprint density at radius 2 is 2.04 bits per heavy atom. The van der Waals surface area contributed by atoms with Crippen molar-refractivity contribution >= 4 is 44.6 Å². The van der Waals surface area contributed by atoms with Gasteiger partial charge >= 0.3 is 0 Å². The van der Waals surface area contributed by atoms with Crippen LogP contribution in [-0.2, 0) is 5.41 Å². The average Bonchev–Trinajstić information content (AvgIpc) is 3.24. The van der Waals surface area contributed by atoms with E-state index in [-0.39, 0.29) is 17.1 Å². The highest BCUT2D eigenvalue weighted by Gasteiger charge is 2.25. The highest BCUT2D eigenvalue weighted by atomic mass is 32.1. The number of nitrogens with zero attached hydrogens (tertiary/aromatic N) is 4. The summed E-state index contributed by atoms with van der Waals surface area (Å²) in [6, 6.07) is 7.64. The molecule has 2 aromatic heterocycles. The van der Waals surface area contributed by atoms with Gasteiger partial charge in [-0.3, -0.25) is 15.3 Å². The first-order valence-electron chi connectivity index (χ1n) is 8.92. The van der Waals surface area contributed by atoms with Crippen molar-refractivity contribution in [1.82, 2.24) is 15.2 Å². The van der Waals surface area contributed by atoms with E-state index in [4.69, 9.17) is 6.57 Å². The van der Waals surface area contributed by atoms with Gasteiger partial charge in [0.2, 0.25) is 5.78 Å². The summed E-state index contributed by atoms with van der Waals surface area (Å²) in [7, 11) is 0. The number of Topliss-reactive ketones (excluding diaryl/α,β-unsaturated/α-hetero) is 1. The molecular formula is C20H22N6OS. The Balaban J connectivity index is 1.93. The smallest absolute Gasteiger partial charge is 0.252 e. The zero-order chi connectivity index (χ0) is 20.5. The number of rotatable bonds is 5. The first kappa shape index (κ1) is 19.7. The van der Waals surface area contributed by atoms with Crippen molar-refractivity contribution in [2.45, 2.75) is 40.0 Å². The molecule has 3 rings (SSSR count). The molecule has 0 bridgehead atoms. The van der Waals surface area contributed by atoms with E-state index in [1.54, 1.807) is 0 Å². The molecule has 0 aliphatic heterocycles. The number of ketones is 1. The van der Waals surface area contributed by atoms with Gasteiger partial charge in [-0.15, -0.1) is 11.3 Å². The van der Waals surface area contributed by atoms with Gasteiger partial charge in [-0.25, -0.2) is 9.83 Å². The van der Waals surface area contributed by atoms with Crippen LogP contribution in [0.1, 0.15) is 50.1 Å². The fraction of sp³-hybridized carbons (Fsp3) is 0.350. The lowest BCUT2D eigenvalue weighted by Gasteiger charge is -2.16. The molecule has 0 spiro atoms. The fourth-order valence-corrected chi connectivity index (χ4v) is 3.59. The number of aromatic nitrogens is 3. The molecule has 3 aromatic rings. The van der Waals surface area contributed by atoms with Crippen molar-refractivity contribution in [2.75, 3.05) is 5.43 Å². The maximum Gasteiger partial charge on any atom is 0.252 e.